The van der Waals surface area contributed by atoms with Gasteiger partial charge in [0.05, 0.1) is 9.82 Å². The Labute approximate surface area is 156 Å². The molecule has 0 saturated carbocycles. The molecule has 7 nitrogen and oxygen atoms in total. The van der Waals surface area contributed by atoms with Gasteiger partial charge in [0.1, 0.15) is 11.6 Å². The summed E-state index contributed by atoms with van der Waals surface area (Å²) in [6, 6.07) is 8.66. The lowest BCUT2D eigenvalue weighted by Crippen LogP contribution is -2.39. The molecule has 0 spiro atoms. The lowest BCUT2D eigenvalue weighted by atomic mass is 10.0. The molecule has 0 amide bonds. The van der Waals surface area contributed by atoms with Crippen molar-refractivity contribution in [3.05, 3.63) is 58.4 Å². The van der Waals surface area contributed by atoms with Crippen LogP contribution in [0.15, 0.2) is 47.4 Å². The molecule has 0 radical (unpaired) electrons. The number of benzene rings is 2. The number of halogens is 1. The zero-order valence-corrected chi connectivity index (χ0v) is 15.5. The van der Waals surface area contributed by atoms with E-state index in [0.29, 0.717) is 13.1 Å². The lowest BCUT2D eigenvalue weighted by Gasteiger charge is -2.30. The molecule has 1 fully saturated rings. The van der Waals surface area contributed by atoms with Gasteiger partial charge in [0.15, 0.2) is 0 Å². The number of nitrogens with zero attached hydrogens (tertiary/aromatic N) is 2. The summed E-state index contributed by atoms with van der Waals surface area (Å²) in [4.78, 5) is 10.6. The molecule has 0 aromatic heterocycles. The summed E-state index contributed by atoms with van der Waals surface area (Å²) in [5, 5.41) is 11.4. The smallest absolute Gasteiger partial charge is 0.312 e. The van der Waals surface area contributed by atoms with Crippen molar-refractivity contribution in [3.63, 3.8) is 0 Å². The fourth-order valence-corrected chi connectivity index (χ4v) is 4.68. The van der Waals surface area contributed by atoms with Gasteiger partial charge in [-0.2, -0.15) is 4.31 Å². The van der Waals surface area contributed by atoms with E-state index in [1.807, 2.05) is 6.92 Å². The highest BCUT2D eigenvalue weighted by molar-refractivity contribution is 7.89. The highest BCUT2D eigenvalue weighted by atomic mass is 32.2. The molecule has 1 aliphatic heterocycles. The van der Waals surface area contributed by atoms with E-state index < -0.39 is 26.5 Å². The van der Waals surface area contributed by atoms with Crippen LogP contribution in [0.2, 0.25) is 0 Å². The molecule has 1 saturated heterocycles. The van der Waals surface area contributed by atoms with E-state index in [-0.39, 0.29) is 22.3 Å². The van der Waals surface area contributed by atoms with Gasteiger partial charge in [0.2, 0.25) is 15.8 Å². The average Bonchev–Trinajstić information content (AvgIpc) is 2.61. The van der Waals surface area contributed by atoms with E-state index in [2.05, 4.69) is 0 Å². The van der Waals surface area contributed by atoms with Crippen molar-refractivity contribution in [2.75, 3.05) is 13.1 Å². The zero-order chi connectivity index (χ0) is 19.6. The summed E-state index contributed by atoms with van der Waals surface area (Å²) in [7, 11) is -3.83. The third-order valence-electron chi connectivity index (χ3n) is 4.41. The molecule has 144 valence electrons. The SMILES string of the molecule is C[C@@H]1CCCN(S(=O)(=O)c2ccc(Oc3cccc(F)c3)c([N+](=O)[O-])c2)C1. The van der Waals surface area contributed by atoms with Crippen molar-refractivity contribution >= 4 is 15.7 Å². The first-order valence-electron chi connectivity index (χ1n) is 8.49. The molecule has 1 aliphatic rings. The second kappa shape index (κ2) is 7.61. The summed E-state index contributed by atoms with van der Waals surface area (Å²) >= 11 is 0. The van der Waals surface area contributed by atoms with Crippen LogP contribution >= 0.6 is 0 Å². The summed E-state index contributed by atoms with van der Waals surface area (Å²) in [5.41, 5.74) is -0.495. The Balaban J connectivity index is 1.94. The highest BCUT2D eigenvalue weighted by Gasteiger charge is 2.31. The number of hydrogen-bond donors (Lipinski definition) is 0. The lowest BCUT2D eigenvalue weighted by molar-refractivity contribution is -0.385. The first-order chi connectivity index (χ1) is 12.8. The van der Waals surface area contributed by atoms with E-state index in [9.17, 15) is 22.9 Å². The molecule has 0 unspecified atom stereocenters. The Kier molecular flexibility index (Phi) is 5.43. The topological polar surface area (TPSA) is 89.8 Å². The monoisotopic (exact) mass is 394 g/mol. The predicted molar refractivity (Wildman–Crippen MR) is 96.7 cm³/mol. The van der Waals surface area contributed by atoms with E-state index in [1.165, 1.54) is 34.6 Å². The van der Waals surface area contributed by atoms with E-state index in [4.69, 9.17) is 4.74 Å². The number of ether oxygens (including phenoxy) is 1. The summed E-state index contributed by atoms with van der Waals surface area (Å²) in [6.07, 6.45) is 1.70. The molecule has 2 aromatic rings. The van der Waals surface area contributed by atoms with Gasteiger partial charge in [-0.3, -0.25) is 10.1 Å². The first kappa shape index (κ1) is 19.2. The number of hydrogen-bond acceptors (Lipinski definition) is 5. The van der Waals surface area contributed by atoms with Crippen molar-refractivity contribution < 1.29 is 22.5 Å². The number of rotatable bonds is 5. The molecule has 0 aliphatic carbocycles. The number of piperidine rings is 1. The van der Waals surface area contributed by atoms with Crippen LogP contribution < -0.4 is 4.74 Å². The maximum absolute atomic E-state index is 13.3. The molecular formula is C18H19FN2O5S. The van der Waals surface area contributed by atoms with Crippen LogP contribution in [-0.2, 0) is 10.0 Å². The predicted octanol–water partition coefficient (Wildman–Crippen LogP) is 3.95. The van der Waals surface area contributed by atoms with Gasteiger partial charge in [-0.05, 0) is 43.0 Å². The fraction of sp³-hybridized carbons (Fsp3) is 0.333. The molecule has 1 heterocycles. The zero-order valence-electron chi connectivity index (χ0n) is 14.7. The molecule has 3 rings (SSSR count). The Morgan fingerprint density at radius 3 is 2.70 bits per heavy atom. The van der Waals surface area contributed by atoms with Crippen LogP contribution in [0.1, 0.15) is 19.8 Å². The summed E-state index contributed by atoms with van der Waals surface area (Å²) in [6.45, 7) is 2.75. The maximum atomic E-state index is 13.3. The Morgan fingerprint density at radius 1 is 1.26 bits per heavy atom. The van der Waals surface area contributed by atoms with Gasteiger partial charge < -0.3 is 4.74 Å². The molecule has 2 aromatic carbocycles. The van der Waals surface area contributed by atoms with Crippen LogP contribution in [0.25, 0.3) is 0 Å². The summed E-state index contributed by atoms with van der Waals surface area (Å²) < 4.78 is 45.7. The van der Waals surface area contributed by atoms with Gasteiger partial charge in [-0.25, -0.2) is 12.8 Å². The van der Waals surface area contributed by atoms with Crippen molar-refractivity contribution in [1.82, 2.24) is 4.31 Å². The minimum absolute atomic E-state index is 0.0820. The van der Waals surface area contributed by atoms with E-state index >= 15 is 0 Å². The van der Waals surface area contributed by atoms with Crippen LogP contribution in [-0.4, -0.2) is 30.7 Å². The third-order valence-corrected chi connectivity index (χ3v) is 6.27. The second-order valence-corrected chi connectivity index (χ2v) is 8.49. The van der Waals surface area contributed by atoms with Gasteiger partial charge in [-0.1, -0.05) is 13.0 Å². The van der Waals surface area contributed by atoms with E-state index in [0.717, 1.165) is 25.0 Å². The Morgan fingerprint density at radius 2 is 2.04 bits per heavy atom. The number of nitro benzene ring substituents is 1. The molecule has 1 atom stereocenters. The first-order valence-corrected chi connectivity index (χ1v) is 9.93. The van der Waals surface area contributed by atoms with Crippen LogP contribution in [0.3, 0.4) is 0 Å². The van der Waals surface area contributed by atoms with E-state index in [1.54, 1.807) is 0 Å². The van der Waals surface area contributed by atoms with Gasteiger partial charge in [0, 0.05) is 25.2 Å². The average molecular weight is 394 g/mol. The van der Waals surface area contributed by atoms with Crippen LogP contribution in [0.5, 0.6) is 11.5 Å². The molecule has 0 bridgehead atoms. The maximum Gasteiger partial charge on any atom is 0.312 e. The fourth-order valence-electron chi connectivity index (χ4n) is 3.06. The minimum atomic E-state index is -3.83. The highest BCUT2D eigenvalue weighted by Crippen LogP contribution is 2.35. The minimum Gasteiger partial charge on any atom is -0.450 e. The largest absolute Gasteiger partial charge is 0.450 e. The Bertz CT molecular complexity index is 964. The van der Waals surface area contributed by atoms with Crippen LogP contribution in [0, 0.1) is 21.8 Å². The van der Waals surface area contributed by atoms with Crippen molar-refractivity contribution in [2.45, 2.75) is 24.7 Å². The standard InChI is InChI=1S/C18H19FN2O5S/c1-13-4-3-9-20(12-13)27(24,25)16-7-8-18(17(11-16)21(22)23)26-15-6-2-5-14(19)10-15/h2,5-8,10-11,13H,3-4,9,12H2,1H3/t13-/m1/s1. The molecule has 0 N–H and O–H groups in total. The normalized spacial score (nSPS) is 18.2. The molecular weight excluding hydrogens is 375 g/mol. The second-order valence-electron chi connectivity index (χ2n) is 6.56. The van der Waals surface area contributed by atoms with Gasteiger partial charge >= 0.3 is 5.69 Å². The Hall–Kier alpha value is -2.52. The van der Waals surface area contributed by atoms with Crippen molar-refractivity contribution in [2.24, 2.45) is 5.92 Å². The van der Waals surface area contributed by atoms with Gasteiger partial charge in [-0.15, -0.1) is 0 Å². The third kappa shape index (κ3) is 4.25. The number of nitro groups is 1. The van der Waals surface area contributed by atoms with Crippen molar-refractivity contribution in [1.29, 1.82) is 0 Å². The van der Waals surface area contributed by atoms with Crippen LogP contribution in [0.4, 0.5) is 10.1 Å². The quantitative estimate of drug-likeness (QED) is 0.566. The number of sulfonamides is 1. The molecule has 27 heavy (non-hydrogen) atoms. The molecule has 9 heteroatoms. The summed E-state index contributed by atoms with van der Waals surface area (Å²) in [5.74, 6) is -0.386. The van der Waals surface area contributed by atoms with Crippen molar-refractivity contribution in [3.8, 4) is 11.5 Å². The van der Waals surface area contributed by atoms with Gasteiger partial charge in [0.25, 0.3) is 0 Å².